The zero-order chi connectivity index (χ0) is 16.9. The normalized spacial score (nSPS) is 10.2. The summed E-state index contributed by atoms with van der Waals surface area (Å²) in [7, 11) is 0. The van der Waals surface area contributed by atoms with Gasteiger partial charge in [-0.15, -0.1) is 0 Å². The minimum absolute atomic E-state index is 0.183. The summed E-state index contributed by atoms with van der Waals surface area (Å²) in [6.45, 7) is 0. The van der Waals surface area contributed by atoms with Crippen molar-refractivity contribution in [1.82, 2.24) is 4.98 Å². The molecule has 0 saturated carbocycles. The molecule has 2 amide bonds. The highest BCUT2D eigenvalue weighted by atomic mass is 16.2. The van der Waals surface area contributed by atoms with Crippen LogP contribution in [0.3, 0.4) is 0 Å². The Bertz CT molecular complexity index is 857. The Balaban J connectivity index is 1.75. The Morgan fingerprint density at radius 3 is 1.75 bits per heavy atom. The molecule has 0 spiro atoms. The van der Waals surface area contributed by atoms with Crippen molar-refractivity contribution < 1.29 is 9.59 Å². The van der Waals surface area contributed by atoms with Crippen LogP contribution in [-0.4, -0.2) is 16.8 Å². The second-order valence-electron chi connectivity index (χ2n) is 5.21. The molecular formula is C19H15N3O2. The fraction of sp³-hybridized carbons (Fsp3) is 0. The highest BCUT2D eigenvalue weighted by Crippen LogP contribution is 2.20. The maximum Gasteiger partial charge on any atom is 0.255 e. The largest absolute Gasteiger partial charge is 0.366 e. The number of pyridine rings is 1. The van der Waals surface area contributed by atoms with E-state index in [1.165, 1.54) is 0 Å². The van der Waals surface area contributed by atoms with E-state index in [0.29, 0.717) is 16.8 Å². The van der Waals surface area contributed by atoms with Gasteiger partial charge in [0.2, 0.25) is 5.91 Å². The Morgan fingerprint density at radius 2 is 1.25 bits per heavy atom. The molecule has 0 fully saturated rings. The predicted octanol–water partition coefficient (Wildman–Crippen LogP) is 3.10. The lowest BCUT2D eigenvalue weighted by Gasteiger charge is -2.07. The van der Waals surface area contributed by atoms with Gasteiger partial charge in [-0.05, 0) is 47.5 Å². The van der Waals surface area contributed by atoms with E-state index in [1.807, 2.05) is 24.3 Å². The summed E-state index contributed by atoms with van der Waals surface area (Å²) in [5.41, 5.74) is 8.85. The molecule has 0 radical (unpaired) electrons. The van der Waals surface area contributed by atoms with Crippen molar-refractivity contribution in [1.29, 1.82) is 0 Å². The second kappa shape index (κ2) is 6.75. The Kier molecular flexibility index (Phi) is 4.34. The van der Waals surface area contributed by atoms with Gasteiger partial charge in [-0.25, -0.2) is 0 Å². The molecular weight excluding hydrogens is 302 g/mol. The number of aromatic nitrogens is 1. The fourth-order valence-corrected chi connectivity index (χ4v) is 2.28. The van der Waals surface area contributed by atoms with Crippen LogP contribution in [0.4, 0.5) is 5.69 Å². The van der Waals surface area contributed by atoms with Crippen molar-refractivity contribution in [3.63, 3.8) is 0 Å². The van der Waals surface area contributed by atoms with Gasteiger partial charge in [0.15, 0.2) is 0 Å². The lowest BCUT2D eigenvalue weighted by Crippen LogP contribution is -2.11. The van der Waals surface area contributed by atoms with E-state index >= 15 is 0 Å². The average Bonchev–Trinajstić information content (AvgIpc) is 2.63. The predicted molar refractivity (Wildman–Crippen MR) is 92.6 cm³/mol. The molecule has 2 aromatic carbocycles. The summed E-state index contributed by atoms with van der Waals surface area (Å²) >= 11 is 0. The molecule has 0 unspecified atom stereocenters. The number of hydrogen-bond acceptors (Lipinski definition) is 3. The smallest absolute Gasteiger partial charge is 0.255 e. The minimum Gasteiger partial charge on any atom is -0.366 e. The van der Waals surface area contributed by atoms with Crippen molar-refractivity contribution in [3.8, 4) is 11.1 Å². The summed E-state index contributed by atoms with van der Waals surface area (Å²) in [5.74, 6) is -0.637. The van der Waals surface area contributed by atoms with Crippen LogP contribution in [0.25, 0.3) is 11.1 Å². The molecule has 1 heterocycles. The van der Waals surface area contributed by atoms with Gasteiger partial charge in [0.25, 0.3) is 5.91 Å². The van der Waals surface area contributed by atoms with E-state index in [1.54, 1.807) is 48.8 Å². The van der Waals surface area contributed by atoms with Gasteiger partial charge in [0.05, 0.1) is 0 Å². The first-order valence-corrected chi connectivity index (χ1v) is 7.35. The second-order valence-corrected chi connectivity index (χ2v) is 5.21. The number of anilines is 1. The first-order valence-electron chi connectivity index (χ1n) is 7.35. The van der Waals surface area contributed by atoms with Crippen molar-refractivity contribution in [3.05, 3.63) is 84.2 Å². The zero-order valence-corrected chi connectivity index (χ0v) is 12.8. The molecule has 1 aromatic heterocycles. The minimum atomic E-state index is -0.454. The number of primary amides is 1. The maximum atomic E-state index is 12.2. The molecule has 0 aliphatic carbocycles. The van der Waals surface area contributed by atoms with E-state index in [9.17, 15) is 9.59 Å². The summed E-state index contributed by atoms with van der Waals surface area (Å²) in [6, 6.07) is 17.7. The van der Waals surface area contributed by atoms with E-state index in [-0.39, 0.29) is 5.91 Å². The number of nitrogens with one attached hydrogen (secondary N) is 1. The lowest BCUT2D eigenvalue weighted by molar-refractivity contribution is 0.0997. The number of amides is 2. The van der Waals surface area contributed by atoms with Crippen molar-refractivity contribution in [2.24, 2.45) is 5.73 Å². The van der Waals surface area contributed by atoms with Crippen LogP contribution in [0.15, 0.2) is 73.1 Å². The lowest BCUT2D eigenvalue weighted by atomic mass is 10.0. The van der Waals surface area contributed by atoms with E-state index in [2.05, 4.69) is 10.3 Å². The molecule has 24 heavy (non-hydrogen) atoms. The van der Waals surface area contributed by atoms with Gasteiger partial charge in [-0.1, -0.05) is 24.3 Å². The third-order valence-corrected chi connectivity index (χ3v) is 3.59. The number of nitrogens with zero attached hydrogens (tertiary/aromatic N) is 1. The monoisotopic (exact) mass is 317 g/mol. The van der Waals surface area contributed by atoms with Gasteiger partial charge >= 0.3 is 0 Å². The van der Waals surface area contributed by atoms with Crippen LogP contribution in [0.2, 0.25) is 0 Å². The molecule has 0 bridgehead atoms. The van der Waals surface area contributed by atoms with Crippen molar-refractivity contribution in [2.75, 3.05) is 5.32 Å². The molecule has 118 valence electrons. The molecule has 0 aliphatic rings. The Hall–Kier alpha value is -3.47. The molecule has 3 aromatic rings. The maximum absolute atomic E-state index is 12.2. The van der Waals surface area contributed by atoms with E-state index < -0.39 is 5.91 Å². The van der Waals surface area contributed by atoms with Crippen LogP contribution in [0, 0.1) is 0 Å². The quantitative estimate of drug-likeness (QED) is 0.775. The molecule has 0 aliphatic heterocycles. The van der Waals surface area contributed by atoms with Gasteiger partial charge < -0.3 is 11.1 Å². The molecule has 3 N–H and O–H groups in total. The summed E-state index contributed by atoms with van der Waals surface area (Å²) in [4.78, 5) is 27.2. The first kappa shape index (κ1) is 15.4. The van der Waals surface area contributed by atoms with Gasteiger partial charge in [0, 0.05) is 29.2 Å². The van der Waals surface area contributed by atoms with Crippen LogP contribution in [-0.2, 0) is 0 Å². The highest BCUT2D eigenvalue weighted by Gasteiger charge is 2.07. The standard InChI is InChI=1S/C19H15N3O2/c20-18(23)15-5-1-13(2-6-15)14-3-7-16(8-4-14)19(24)22-17-9-11-21-12-10-17/h1-12H,(H2,20,23)(H,21,22,24). The third-order valence-electron chi connectivity index (χ3n) is 3.59. The van der Waals surface area contributed by atoms with Crippen LogP contribution < -0.4 is 11.1 Å². The van der Waals surface area contributed by atoms with Crippen LogP contribution in [0.1, 0.15) is 20.7 Å². The Morgan fingerprint density at radius 1 is 0.750 bits per heavy atom. The average molecular weight is 317 g/mol. The van der Waals surface area contributed by atoms with Crippen LogP contribution in [0.5, 0.6) is 0 Å². The number of rotatable bonds is 4. The number of nitrogens with two attached hydrogens (primary N) is 1. The highest BCUT2D eigenvalue weighted by molar-refractivity contribution is 6.04. The topological polar surface area (TPSA) is 85.1 Å². The van der Waals surface area contributed by atoms with Crippen LogP contribution >= 0.6 is 0 Å². The van der Waals surface area contributed by atoms with Crippen molar-refractivity contribution in [2.45, 2.75) is 0 Å². The summed E-state index contributed by atoms with van der Waals surface area (Å²) < 4.78 is 0. The molecule has 3 rings (SSSR count). The summed E-state index contributed by atoms with van der Waals surface area (Å²) in [6.07, 6.45) is 3.24. The first-order chi connectivity index (χ1) is 11.6. The van der Waals surface area contributed by atoms with Gasteiger partial charge in [0.1, 0.15) is 0 Å². The molecule has 0 atom stereocenters. The number of benzene rings is 2. The van der Waals surface area contributed by atoms with E-state index in [4.69, 9.17) is 5.73 Å². The number of carbonyl (C=O) groups excluding carboxylic acids is 2. The fourth-order valence-electron chi connectivity index (χ4n) is 2.28. The van der Waals surface area contributed by atoms with Gasteiger partial charge in [-0.2, -0.15) is 0 Å². The zero-order valence-electron chi connectivity index (χ0n) is 12.8. The Labute approximate surface area is 139 Å². The molecule has 5 nitrogen and oxygen atoms in total. The number of hydrogen-bond donors (Lipinski definition) is 2. The van der Waals surface area contributed by atoms with E-state index in [0.717, 1.165) is 11.1 Å². The van der Waals surface area contributed by atoms with Gasteiger partial charge in [-0.3, -0.25) is 14.6 Å². The summed E-state index contributed by atoms with van der Waals surface area (Å²) in [5, 5.41) is 2.81. The molecule has 0 saturated heterocycles. The number of carbonyl (C=O) groups is 2. The SMILES string of the molecule is NC(=O)c1ccc(-c2ccc(C(=O)Nc3ccncc3)cc2)cc1. The van der Waals surface area contributed by atoms with Crippen molar-refractivity contribution >= 4 is 17.5 Å². The molecule has 5 heteroatoms. The third kappa shape index (κ3) is 3.47.